The number of aryl methyl sites for hydroxylation is 2. The van der Waals surface area contributed by atoms with Crippen LogP contribution in [-0.4, -0.2) is 0 Å². The van der Waals surface area contributed by atoms with Crippen LogP contribution in [0.3, 0.4) is 0 Å². The highest BCUT2D eigenvalue weighted by Gasteiger charge is 2.02. The Hall–Kier alpha value is -0.760. The summed E-state index contributed by atoms with van der Waals surface area (Å²) in [5.74, 6) is 0. The van der Waals surface area contributed by atoms with Crippen LogP contribution in [0.5, 0.6) is 0 Å². The third-order valence-corrected chi connectivity index (χ3v) is 2.56. The molecule has 0 amide bonds. The van der Waals surface area contributed by atoms with Gasteiger partial charge in [0.05, 0.1) is 4.88 Å². The second-order valence-corrected chi connectivity index (χ2v) is 3.65. The molecule has 0 bridgehead atoms. The Morgan fingerprint density at radius 2 is 2.20 bits per heavy atom. The molecule has 0 saturated heterocycles. The van der Waals surface area contributed by atoms with Gasteiger partial charge in [0.15, 0.2) is 0 Å². The van der Waals surface area contributed by atoms with E-state index in [0.29, 0.717) is 5.70 Å². The van der Waals surface area contributed by atoms with Crippen LogP contribution in [0.25, 0.3) is 5.70 Å². The summed E-state index contributed by atoms with van der Waals surface area (Å²) in [5.41, 5.74) is 7.45. The van der Waals surface area contributed by atoms with Gasteiger partial charge in [0.2, 0.25) is 0 Å². The second kappa shape index (κ2) is 2.46. The van der Waals surface area contributed by atoms with Crippen molar-refractivity contribution < 1.29 is 0 Å². The van der Waals surface area contributed by atoms with Crippen molar-refractivity contribution in [3.05, 3.63) is 28.0 Å². The van der Waals surface area contributed by atoms with Crippen LogP contribution in [0.1, 0.15) is 15.3 Å². The molecule has 1 heterocycles. The van der Waals surface area contributed by atoms with Gasteiger partial charge < -0.3 is 5.73 Å². The SMILES string of the molecule is C=C(N)c1sc(C)cc1C. The molecule has 0 radical (unpaired) electrons. The van der Waals surface area contributed by atoms with Crippen molar-refractivity contribution in [3.8, 4) is 0 Å². The lowest BCUT2D eigenvalue weighted by Crippen LogP contribution is -1.91. The van der Waals surface area contributed by atoms with E-state index in [1.165, 1.54) is 10.4 Å². The maximum Gasteiger partial charge on any atom is 0.0525 e. The molecule has 0 aliphatic rings. The average molecular weight is 153 g/mol. The van der Waals surface area contributed by atoms with E-state index >= 15 is 0 Å². The van der Waals surface area contributed by atoms with Gasteiger partial charge in [0, 0.05) is 10.6 Å². The summed E-state index contributed by atoms with van der Waals surface area (Å²) in [5, 5.41) is 0. The number of rotatable bonds is 1. The molecule has 1 rings (SSSR count). The Bertz CT molecular complexity index is 260. The summed E-state index contributed by atoms with van der Waals surface area (Å²) in [6.07, 6.45) is 0. The highest BCUT2D eigenvalue weighted by atomic mass is 32.1. The molecule has 0 fully saturated rings. The van der Waals surface area contributed by atoms with E-state index in [1.54, 1.807) is 11.3 Å². The van der Waals surface area contributed by atoms with Gasteiger partial charge in [-0.05, 0) is 25.5 Å². The fourth-order valence-corrected chi connectivity index (χ4v) is 1.87. The first-order valence-electron chi connectivity index (χ1n) is 3.13. The number of hydrogen-bond donors (Lipinski definition) is 1. The van der Waals surface area contributed by atoms with Crippen LogP contribution in [0.2, 0.25) is 0 Å². The lowest BCUT2D eigenvalue weighted by Gasteiger charge is -1.93. The van der Waals surface area contributed by atoms with Gasteiger partial charge in [0.1, 0.15) is 0 Å². The van der Waals surface area contributed by atoms with Gasteiger partial charge >= 0.3 is 0 Å². The highest BCUT2D eigenvalue weighted by Crippen LogP contribution is 2.24. The molecule has 1 aromatic rings. The minimum atomic E-state index is 0.676. The summed E-state index contributed by atoms with van der Waals surface area (Å²) < 4.78 is 0. The van der Waals surface area contributed by atoms with Crippen LogP contribution in [0, 0.1) is 13.8 Å². The quantitative estimate of drug-likeness (QED) is 0.658. The van der Waals surface area contributed by atoms with Crippen molar-refractivity contribution in [3.63, 3.8) is 0 Å². The molecule has 1 nitrogen and oxygen atoms in total. The van der Waals surface area contributed by atoms with Crippen molar-refractivity contribution in [1.29, 1.82) is 0 Å². The van der Waals surface area contributed by atoms with Gasteiger partial charge in [-0.2, -0.15) is 0 Å². The average Bonchev–Trinajstić information content (AvgIpc) is 2.10. The first-order chi connectivity index (χ1) is 4.61. The molecule has 0 saturated carbocycles. The standard InChI is InChI=1S/C8H11NS/c1-5-4-6(2)10-8(5)7(3)9/h4H,3,9H2,1-2H3. The van der Waals surface area contributed by atoms with E-state index < -0.39 is 0 Å². The fourth-order valence-electron chi connectivity index (χ4n) is 0.960. The van der Waals surface area contributed by atoms with Crippen LogP contribution in [-0.2, 0) is 0 Å². The van der Waals surface area contributed by atoms with E-state index in [9.17, 15) is 0 Å². The van der Waals surface area contributed by atoms with E-state index in [4.69, 9.17) is 5.73 Å². The lowest BCUT2D eigenvalue weighted by atomic mass is 10.2. The molecule has 0 spiro atoms. The first-order valence-corrected chi connectivity index (χ1v) is 3.94. The van der Waals surface area contributed by atoms with Crippen LogP contribution < -0.4 is 5.73 Å². The maximum absolute atomic E-state index is 5.54. The molecule has 0 aliphatic carbocycles. The lowest BCUT2D eigenvalue weighted by molar-refractivity contribution is 1.46. The van der Waals surface area contributed by atoms with E-state index in [-0.39, 0.29) is 0 Å². The summed E-state index contributed by atoms with van der Waals surface area (Å²) >= 11 is 1.70. The Morgan fingerprint density at radius 3 is 2.40 bits per heavy atom. The van der Waals surface area contributed by atoms with Gasteiger partial charge in [-0.3, -0.25) is 0 Å². The molecule has 0 unspecified atom stereocenters. The van der Waals surface area contributed by atoms with Gasteiger partial charge in [-0.15, -0.1) is 11.3 Å². The maximum atomic E-state index is 5.54. The largest absolute Gasteiger partial charge is 0.398 e. The summed E-state index contributed by atoms with van der Waals surface area (Å²) in [4.78, 5) is 2.41. The molecular formula is C8H11NS. The Balaban J connectivity index is 3.15. The van der Waals surface area contributed by atoms with Crippen molar-refractivity contribution in [2.75, 3.05) is 0 Å². The molecule has 2 heteroatoms. The van der Waals surface area contributed by atoms with Crippen molar-refractivity contribution in [2.24, 2.45) is 5.73 Å². The summed E-state index contributed by atoms with van der Waals surface area (Å²) in [6.45, 7) is 7.81. The van der Waals surface area contributed by atoms with Crippen molar-refractivity contribution >= 4 is 17.0 Å². The minimum Gasteiger partial charge on any atom is -0.398 e. The van der Waals surface area contributed by atoms with Gasteiger partial charge in [0.25, 0.3) is 0 Å². The van der Waals surface area contributed by atoms with Gasteiger partial charge in [-0.1, -0.05) is 6.58 Å². The zero-order valence-corrected chi connectivity index (χ0v) is 7.09. The smallest absolute Gasteiger partial charge is 0.0525 e. The highest BCUT2D eigenvalue weighted by molar-refractivity contribution is 7.13. The van der Waals surface area contributed by atoms with Crippen molar-refractivity contribution in [2.45, 2.75) is 13.8 Å². The number of hydrogen-bond acceptors (Lipinski definition) is 2. The monoisotopic (exact) mass is 153 g/mol. The molecule has 2 N–H and O–H groups in total. The van der Waals surface area contributed by atoms with Crippen LogP contribution >= 0.6 is 11.3 Å². The molecule has 1 aromatic heterocycles. The molecular weight excluding hydrogens is 142 g/mol. The topological polar surface area (TPSA) is 26.0 Å². The predicted molar refractivity (Wildman–Crippen MR) is 47.0 cm³/mol. The second-order valence-electron chi connectivity index (χ2n) is 2.39. The Labute approximate surface area is 65.2 Å². The Morgan fingerprint density at radius 1 is 1.60 bits per heavy atom. The molecule has 0 aromatic carbocycles. The summed E-state index contributed by atoms with van der Waals surface area (Å²) in [6, 6.07) is 2.12. The fraction of sp³-hybridized carbons (Fsp3) is 0.250. The normalized spacial score (nSPS) is 9.80. The van der Waals surface area contributed by atoms with Crippen LogP contribution in [0.4, 0.5) is 0 Å². The number of nitrogens with two attached hydrogens (primary N) is 1. The number of thiophene rings is 1. The molecule has 10 heavy (non-hydrogen) atoms. The molecule has 0 atom stereocenters. The Kier molecular flexibility index (Phi) is 1.81. The predicted octanol–water partition coefficient (Wildman–Crippen LogP) is 2.29. The van der Waals surface area contributed by atoms with E-state index in [2.05, 4.69) is 26.5 Å². The summed E-state index contributed by atoms with van der Waals surface area (Å²) in [7, 11) is 0. The van der Waals surface area contributed by atoms with E-state index in [0.717, 1.165) is 4.88 Å². The zero-order valence-electron chi connectivity index (χ0n) is 6.27. The third-order valence-electron chi connectivity index (χ3n) is 1.33. The van der Waals surface area contributed by atoms with Gasteiger partial charge in [-0.25, -0.2) is 0 Å². The van der Waals surface area contributed by atoms with Crippen molar-refractivity contribution in [1.82, 2.24) is 0 Å². The molecule has 0 aliphatic heterocycles. The van der Waals surface area contributed by atoms with Crippen LogP contribution in [0.15, 0.2) is 12.6 Å². The zero-order chi connectivity index (χ0) is 7.72. The third kappa shape index (κ3) is 1.21. The molecule has 54 valence electrons. The van der Waals surface area contributed by atoms with E-state index in [1.807, 2.05) is 0 Å². The first kappa shape index (κ1) is 7.35. The minimum absolute atomic E-state index is 0.676.